The molecule has 0 spiro atoms. The molecule has 14 heteroatoms. The van der Waals surface area contributed by atoms with Crippen LogP contribution in [0.4, 0.5) is 32.2 Å². The molecule has 0 aromatic carbocycles. The lowest BCUT2D eigenvalue weighted by molar-refractivity contribution is -0.190. The highest BCUT2D eigenvalue weighted by Gasteiger charge is 2.41. The van der Waals surface area contributed by atoms with Gasteiger partial charge in [0.05, 0.1) is 12.2 Å². The molecule has 1 aliphatic heterocycles. The number of anilines is 1. The van der Waals surface area contributed by atoms with Crippen molar-refractivity contribution in [1.29, 1.82) is 0 Å². The van der Waals surface area contributed by atoms with Crippen molar-refractivity contribution in [3.63, 3.8) is 0 Å². The second-order valence-electron chi connectivity index (χ2n) is 6.99. The van der Waals surface area contributed by atoms with Crippen LogP contribution in [0.5, 0.6) is 6.01 Å². The van der Waals surface area contributed by atoms with E-state index >= 15 is 0 Å². The first-order valence-corrected chi connectivity index (χ1v) is 9.10. The van der Waals surface area contributed by atoms with E-state index in [9.17, 15) is 26.3 Å². The first kappa shape index (κ1) is 21.1. The van der Waals surface area contributed by atoms with E-state index in [0.29, 0.717) is 0 Å². The Bertz CT molecular complexity index is 1100. The quantitative estimate of drug-likeness (QED) is 0.557. The molecule has 1 atom stereocenters. The zero-order valence-corrected chi connectivity index (χ0v) is 15.9. The van der Waals surface area contributed by atoms with Gasteiger partial charge in [0.25, 0.3) is 5.92 Å². The number of aromatic nitrogens is 6. The Morgan fingerprint density at radius 1 is 1.23 bits per heavy atom. The van der Waals surface area contributed by atoms with Crippen LogP contribution in [0.25, 0.3) is 11.2 Å². The molecule has 1 saturated heterocycles. The average Bonchev–Trinajstić information content (AvgIpc) is 3.24. The van der Waals surface area contributed by atoms with E-state index in [0.717, 1.165) is 11.7 Å². The van der Waals surface area contributed by atoms with Crippen molar-refractivity contribution in [2.45, 2.75) is 38.1 Å². The number of alkyl halides is 5. The van der Waals surface area contributed by atoms with Gasteiger partial charge in [0, 0.05) is 19.2 Å². The summed E-state index contributed by atoms with van der Waals surface area (Å²) >= 11 is 0. The van der Waals surface area contributed by atoms with Crippen LogP contribution < -0.4 is 9.64 Å². The van der Waals surface area contributed by atoms with Gasteiger partial charge in [0.1, 0.15) is 12.4 Å². The molecule has 4 heterocycles. The minimum absolute atomic E-state index is 0.00666. The average molecular weight is 447 g/mol. The van der Waals surface area contributed by atoms with Gasteiger partial charge in [-0.3, -0.25) is 4.98 Å². The predicted octanol–water partition coefficient (Wildman–Crippen LogP) is 2.98. The fourth-order valence-corrected chi connectivity index (χ4v) is 2.97. The summed E-state index contributed by atoms with van der Waals surface area (Å²) in [7, 11) is 0. The molecular formula is C17H15F6N7O. The van der Waals surface area contributed by atoms with Gasteiger partial charge in [-0.05, 0) is 19.1 Å². The van der Waals surface area contributed by atoms with E-state index in [1.807, 2.05) is 0 Å². The highest BCUT2D eigenvalue weighted by Crippen LogP contribution is 2.34. The Morgan fingerprint density at radius 2 is 2.00 bits per heavy atom. The SMILES string of the molecule is C[C@H](Oc1nc(N2CCC(F)(F)C2)c2nn(Cc3ncccc3F)nc2n1)C(F)(F)F. The standard InChI is InChI=1S/C17H15F6N7O/c1-9(17(21,22)23)31-15-25-13-12(14(26-15)29-6-4-16(19,20)8-29)27-30(28-13)7-11-10(18)3-2-5-24-11/h2-3,5,9H,4,6-8H2,1H3/t9-/m0/s1. The molecule has 0 unspecified atom stereocenters. The third-order valence-electron chi connectivity index (χ3n) is 4.59. The van der Waals surface area contributed by atoms with Crippen molar-refractivity contribution >= 4 is 17.0 Å². The van der Waals surface area contributed by atoms with E-state index in [4.69, 9.17) is 4.74 Å². The van der Waals surface area contributed by atoms with E-state index < -0.39 is 43.0 Å². The van der Waals surface area contributed by atoms with Crippen LogP contribution in [0.1, 0.15) is 19.0 Å². The third-order valence-corrected chi connectivity index (χ3v) is 4.59. The summed E-state index contributed by atoms with van der Waals surface area (Å²) < 4.78 is 84.7. The van der Waals surface area contributed by atoms with Gasteiger partial charge in [-0.25, -0.2) is 13.2 Å². The molecule has 3 aromatic heterocycles. The molecule has 1 aliphatic rings. The minimum atomic E-state index is -4.69. The summed E-state index contributed by atoms with van der Waals surface area (Å²) in [5.41, 5.74) is -0.200. The summed E-state index contributed by atoms with van der Waals surface area (Å²) in [6.45, 7) is -0.254. The zero-order chi connectivity index (χ0) is 22.4. The molecule has 0 amide bonds. The van der Waals surface area contributed by atoms with Crippen LogP contribution in [-0.4, -0.2) is 61.2 Å². The Morgan fingerprint density at radius 3 is 2.65 bits per heavy atom. The van der Waals surface area contributed by atoms with Gasteiger partial charge >= 0.3 is 12.2 Å². The van der Waals surface area contributed by atoms with Crippen LogP contribution in [0.2, 0.25) is 0 Å². The fourth-order valence-electron chi connectivity index (χ4n) is 2.97. The maximum Gasteiger partial charge on any atom is 0.425 e. The van der Waals surface area contributed by atoms with Gasteiger partial charge in [-0.1, -0.05) is 0 Å². The molecule has 3 aromatic rings. The molecule has 0 aliphatic carbocycles. The summed E-state index contributed by atoms with van der Waals surface area (Å²) in [5, 5.41) is 8.14. The molecule has 166 valence electrons. The topological polar surface area (TPSA) is 81.9 Å². The van der Waals surface area contributed by atoms with Gasteiger partial charge in [0.15, 0.2) is 17.4 Å². The van der Waals surface area contributed by atoms with Crippen molar-refractivity contribution in [2.75, 3.05) is 18.0 Å². The van der Waals surface area contributed by atoms with E-state index in [2.05, 4.69) is 25.1 Å². The fraction of sp³-hybridized carbons (Fsp3) is 0.471. The van der Waals surface area contributed by atoms with Crippen LogP contribution in [0.15, 0.2) is 18.3 Å². The Balaban J connectivity index is 1.74. The van der Waals surface area contributed by atoms with Gasteiger partial charge in [-0.15, -0.1) is 10.2 Å². The number of fused-ring (bicyclic) bond motifs is 1. The first-order valence-electron chi connectivity index (χ1n) is 9.10. The van der Waals surface area contributed by atoms with Gasteiger partial charge < -0.3 is 9.64 Å². The molecule has 31 heavy (non-hydrogen) atoms. The first-order chi connectivity index (χ1) is 14.5. The third kappa shape index (κ3) is 4.46. The molecule has 1 fully saturated rings. The number of nitrogens with zero attached hydrogens (tertiary/aromatic N) is 7. The maximum absolute atomic E-state index is 13.9. The van der Waals surface area contributed by atoms with Gasteiger partial charge in [0.2, 0.25) is 5.65 Å². The number of pyridine rings is 1. The molecule has 0 saturated carbocycles. The monoisotopic (exact) mass is 447 g/mol. The number of hydrogen-bond donors (Lipinski definition) is 0. The van der Waals surface area contributed by atoms with Crippen molar-refractivity contribution in [3.05, 3.63) is 29.8 Å². The highest BCUT2D eigenvalue weighted by atomic mass is 19.4. The van der Waals surface area contributed by atoms with Crippen molar-refractivity contribution in [1.82, 2.24) is 29.9 Å². The Hall–Kier alpha value is -3.19. The maximum atomic E-state index is 13.9. The van der Waals surface area contributed by atoms with Crippen LogP contribution in [-0.2, 0) is 6.54 Å². The lowest BCUT2D eigenvalue weighted by Crippen LogP contribution is -2.32. The molecule has 0 bridgehead atoms. The Kier molecular flexibility index (Phi) is 5.09. The van der Waals surface area contributed by atoms with Crippen molar-refractivity contribution in [3.8, 4) is 6.01 Å². The molecule has 0 radical (unpaired) electrons. The van der Waals surface area contributed by atoms with Crippen molar-refractivity contribution < 1.29 is 31.1 Å². The van der Waals surface area contributed by atoms with E-state index in [1.54, 1.807) is 0 Å². The van der Waals surface area contributed by atoms with Crippen molar-refractivity contribution in [2.24, 2.45) is 0 Å². The second kappa shape index (κ2) is 7.50. The number of hydrogen-bond acceptors (Lipinski definition) is 7. The largest absolute Gasteiger partial charge is 0.451 e. The normalized spacial score (nSPS) is 17.3. The highest BCUT2D eigenvalue weighted by molar-refractivity contribution is 5.83. The van der Waals surface area contributed by atoms with E-state index in [-0.39, 0.29) is 35.8 Å². The van der Waals surface area contributed by atoms with E-state index in [1.165, 1.54) is 23.2 Å². The summed E-state index contributed by atoms with van der Waals surface area (Å²) in [6.07, 6.45) is -6.02. The number of rotatable bonds is 5. The summed E-state index contributed by atoms with van der Waals surface area (Å²) in [6, 6.07) is 1.90. The molecular weight excluding hydrogens is 432 g/mol. The number of halogens is 6. The number of ether oxygens (including phenoxy) is 1. The van der Waals surface area contributed by atoms with Crippen LogP contribution >= 0.6 is 0 Å². The lowest BCUT2D eigenvalue weighted by atomic mass is 10.3. The summed E-state index contributed by atoms with van der Waals surface area (Å²) in [4.78, 5) is 13.8. The molecule has 0 N–H and O–H groups in total. The minimum Gasteiger partial charge on any atom is -0.451 e. The summed E-state index contributed by atoms with van der Waals surface area (Å²) in [5.74, 6) is -3.75. The smallest absolute Gasteiger partial charge is 0.425 e. The van der Waals surface area contributed by atoms with Crippen LogP contribution in [0, 0.1) is 5.82 Å². The second-order valence-corrected chi connectivity index (χ2v) is 6.99. The Labute approximate surface area is 170 Å². The van der Waals surface area contributed by atoms with Gasteiger partial charge in [-0.2, -0.15) is 27.9 Å². The van der Waals surface area contributed by atoms with Crippen LogP contribution in [0.3, 0.4) is 0 Å². The molecule has 4 rings (SSSR count). The lowest BCUT2D eigenvalue weighted by Gasteiger charge is -2.19. The predicted molar refractivity (Wildman–Crippen MR) is 94.3 cm³/mol. The zero-order valence-electron chi connectivity index (χ0n) is 15.9. The molecule has 8 nitrogen and oxygen atoms in total.